The fourth-order valence-corrected chi connectivity index (χ4v) is 2.96. The quantitative estimate of drug-likeness (QED) is 0.590. The molecule has 0 heterocycles. The van der Waals surface area contributed by atoms with Crippen LogP contribution in [-0.4, -0.2) is 47.3 Å². The molecule has 3 N–H and O–H groups in total. The summed E-state index contributed by atoms with van der Waals surface area (Å²) in [5.41, 5.74) is 5.21. The van der Waals surface area contributed by atoms with E-state index in [1.807, 2.05) is 34.6 Å². The Hall–Kier alpha value is -0.810. The molecular weight excluding hydrogens is 302 g/mol. The molecule has 1 unspecified atom stereocenters. The van der Waals surface area contributed by atoms with Gasteiger partial charge < -0.3 is 15.8 Å². The number of unbranched alkanes of at least 4 members (excludes halogenated alkanes) is 2. The number of hydrogen-bond donors (Lipinski definition) is 2. The number of carbonyl (C=O) groups is 1. The van der Waals surface area contributed by atoms with Crippen LogP contribution in [0.25, 0.3) is 0 Å². The maximum Gasteiger partial charge on any atom is 0.408 e. The molecule has 0 aliphatic carbocycles. The molecule has 0 radical (unpaired) electrons. The molecule has 0 saturated heterocycles. The summed E-state index contributed by atoms with van der Waals surface area (Å²) in [4.78, 5) is 14.5. The van der Waals surface area contributed by atoms with E-state index in [1.54, 1.807) is 0 Å². The monoisotopic (exact) mass is 343 g/mol. The zero-order valence-corrected chi connectivity index (χ0v) is 17.2. The second-order valence-electron chi connectivity index (χ2n) is 8.64. The number of nitrogens with two attached hydrogens (primary N) is 1. The third kappa shape index (κ3) is 10.1. The molecule has 1 amide bonds. The van der Waals surface area contributed by atoms with Crippen molar-refractivity contribution in [2.75, 3.05) is 13.1 Å². The number of hydrogen-bond acceptors (Lipinski definition) is 4. The van der Waals surface area contributed by atoms with Gasteiger partial charge in [0.1, 0.15) is 5.60 Å². The van der Waals surface area contributed by atoms with Gasteiger partial charge in [-0.15, -0.1) is 0 Å². The summed E-state index contributed by atoms with van der Waals surface area (Å²) in [7, 11) is 0. The molecule has 0 saturated carbocycles. The highest BCUT2D eigenvalue weighted by molar-refractivity contribution is 5.68. The molecule has 0 spiro atoms. The highest BCUT2D eigenvalue weighted by atomic mass is 16.6. The van der Waals surface area contributed by atoms with Gasteiger partial charge in [0, 0.05) is 24.2 Å². The number of amides is 1. The molecule has 0 rings (SSSR count). The average molecular weight is 344 g/mol. The zero-order valence-electron chi connectivity index (χ0n) is 17.2. The van der Waals surface area contributed by atoms with Crippen LogP contribution in [0, 0.1) is 0 Å². The van der Waals surface area contributed by atoms with Crippen LogP contribution in [0.4, 0.5) is 4.79 Å². The minimum Gasteiger partial charge on any atom is -0.444 e. The molecule has 0 aromatic carbocycles. The number of alkyl carbamates (subject to hydrolysis) is 1. The second-order valence-corrected chi connectivity index (χ2v) is 8.64. The highest BCUT2D eigenvalue weighted by Gasteiger charge is 2.30. The Morgan fingerprint density at radius 1 is 1.17 bits per heavy atom. The van der Waals surface area contributed by atoms with E-state index >= 15 is 0 Å². The summed E-state index contributed by atoms with van der Waals surface area (Å²) in [6.45, 7) is 18.0. The van der Waals surface area contributed by atoms with E-state index in [0.717, 1.165) is 13.0 Å². The van der Waals surface area contributed by atoms with E-state index in [1.165, 1.54) is 19.3 Å². The van der Waals surface area contributed by atoms with Crippen LogP contribution in [-0.2, 0) is 4.74 Å². The minimum atomic E-state index is -0.489. The summed E-state index contributed by atoms with van der Waals surface area (Å²) in [5.74, 6) is 0. The molecule has 0 fully saturated rings. The van der Waals surface area contributed by atoms with Crippen molar-refractivity contribution in [1.82, 2.24) is 10.2 Å². The topological polar surface area (TPSA) is 67.6 Å². The minimum absolute atomic E-state index is 0.242. The first kappa shape index (κ1) is 23.2. The first-order valence-corrected chi connectivity index (χ1v) is 9.39. The Morgan fingerprint density at radius 3 is 2.17 bits per heavy atom. The number of ether oxygens (including phenoxy) is 1. The number of nitrogens with zero attached hydrogens (tertiary/aromatic N) is 1. The van der Waals surface area contributed by atoms with Gasteiger partial charge >= 0.3 is 6.09 Å². The number of nitrogens with one attached hydrogen (secondary N) is 1. The van der Waals surface area contributed by atoms with Crippen LogP contribution in [0.3, 0.4) is 0 Å². The van der Waals surface area contributed by atoms with Crippen LogP contribution < -0.4 is 11.1 Å². The van der Waals surface area contributed by atoms with Gasteiger partial charge in [-0.25, -0.2) is 4.79 Å². The van der Waals surface area contributed by atoms with Crippen molar-refractivity contribution in [2.24, 2.45) is 5.73 Å². The fraction of sp³-hybridized carbons (Fsp3) is 0.947. The molecule has 5 heteroatoms. The summed E-state index contributed by atoms with van der Waals surface area (Å²) >= 11 is 0. The van der Waals surface area contributed by atoms with E-state index < -0.39 is 5.60 Å². The molecule has 0 aliphatic rings. The Bertz CT molecular complexity index is 362. The maximum absolute atomic E-state index is 12.1. The third-order valence-electron chi connectivity index (χ3n) is 4.01. The standard InChI is InChI=1S/C19H41N3O2/c1-9-10-11-12-22(15(2)3)16(14-20)13-19(7,8)21-17(23)24-18(4,5)6/h15-16H,9-14,20H2,1-8H3,(H,21,23). The zero-order chi connectivity index (χ0) is 19.0. The van der Waals surface area contributed by atoms with Gasteiger partial charge in [-0.3, -0.25) is 4.90 Å². The smallest absolute Gasteiger partial charge is 0.408 e. The molecule has 144 valence electrons. The lowest BCUT2D eigenvalue weighted by Crippen LogP contribution is -2.53. The lowest BCUT2D eigenvalue weighted by Gasteiger charge is -2.39. The molecule has 0 aromatic rings. The van der Waals surface area contributed by atoms with Gasteiger partial charge in [0.05, 0.1) is 0 Å². The normalized spacial score (nSPS) is 14.1. The van der Waals surface area contributed by atoms with Crippen LogP contribution in [0.1, 0.15) is 81.1 Å². The Morgan fingerprint density at radius 2 is 1.75 bits per heavy atom. The van der Waals surface area contributed by atoms with Crippen molar-refractivity contribution in [1.29, 1.82) is 0 Å². The van der Waals surface area contributed by atoms with E-state index in [4.69, 9.17) is 10.5 Å². The Kier molecular flexibility index (Phi) is 9.90. The summed E-state index contributed by atoms with van der Waals surface area (Å²) in [6, 6.07) is 0.680. The summed E-state index contributed by atoms with van der Waals surface area (Å²) in [5, 5.41) is 3.00. The van der Waals surface area contributed by atoms with Gasteiger partial charge in [-0.1, -0.05) is 19.8 Å². The molecule has 1 atom stereocenters. The molecule has 0 aromatic heterocycles. The van der Waals surface area contributed by atoms with Crippen molar-refractivity contribution in [3.63, 3.8) is 0 Å². The number of rotatable bonds is 10. The van der Waals surface area contributed by atoms with E-state index in [0.29, 0.717) is 12.6 Å². The van der Waals surface area contributed by atoms with Gasteiger partial charge in [-0.05, 0) is 67.9 Å². The average Bonchev–Trinajstić information content (AvgIpc) is 2.38. The highest BCUT2D eigenvalue weighted by Crippen LogP contribution is 2.19. The lowest BCUT2D eigenvalue weighted by atomic mass is 9.93. The first-order chi connectivity index (χ1) is 10.9. The molecule has 0 aliphatic heterocycles. The predicted molar refractivity (Wildman–Crippen MR) is 102 cm³/mol. The van der Waals surface area contributed by atoms with Crippen molar-refractivity contribution in [2.45, 2.75) is 104 Å². The van der Waals surface area contributed by atoms with Gasteiger partial charge in [0.2, 0.25) is 0 Å². The van der Waals surface area contributed by atoms with Crippen LogP contribution in [0.15, 0.2) is 0 Å². The molecule has 5 nitrogen and oxygen atoms in total. The molecule has 24 heavy (non-hydrogen) atoms. The Balaban J connectivity index is 4.81. The Labute approximate surface area is 149 Å². The summed E-state index contributed by atoms with van der Waals surface area (Å²) in [6.07, 6.45) is 4.06. The van der Waals surface area contributed by atoms with Gasteiger partial charge in [0.15, 0.2) is 0 Å². The van der Waals surface area contributed by atoms with Crippen LogP contribution >= 0.6 is 0 Å². The van der Waals surface area contributed by atoms with Crippen molar-refractivity contribution in [3.05, 3.63) is 0 Å². The van der Waals surface area contributed by atoms with Crippen molar-refractivity contribution in [3.8, 4) is 0 Å². The second kappa shape index (κ2) is 10.2. The van der Waals surface area contributed by atoms with Crippen LogP contribution in [0.2, 0.25) is 0 Å². The third-order valence-corrected chi connectivity index (χ3v) is 4.01. The molecular formula is C19H41N3O2. The maximum atomic E-state index is 12.1. The van der Waals surface area contributed by atoms with Gasteiger partial charge in [0.25, 0.3) is 0 Å². The van der Waals surface area contributed by atoms with E-state index in [-0.39, 0.29) is 17.7 Å². The van der Waals surface area contributed by atoms with E-state index in [2.05, 4.69) is 31.0 Å². The first-order valence-electron chi connectivity index (χ1n) is 9.39. The van der Waals surface area contributed by atoms with E-state index in [9.17, 15) is 4.79 Å². The lowest BCUT2D eigenvalue weighted by molar-refractivity contribution is 0.0438. The number of carbonyl (C=O) groups excluding carboxylic acids is 1. The molecule has 0 bridgehead atoms. The van der Waals surface area contributed by atoms with Gasteiger partial charge in [-0.2, -0.15) is 0 Å². The van der Waals surface area contributed by atoms with Crippen molar-refractivity contribution < 1.29 is 9.53 Å². The largest absolute Gasteiger partial charge is 0.444 e. The predicted octanol–water partition coefficient (Wildman–Crippen LogP) is 3.91. The fourth-order valence-electron chi connectivity index (χ4n) is 2.96. The van der Waals surface area contributed by atoms with Crippen LogP contribution in [0.5, 0.6) is 0 Å². The van der Waals surface area contributed by atoms with Crippen molar-refractivity contribution >= 4 is 6.09 Å². The SMILES string of the molecule is CCCCCN(C(C)C)C(CN)CC(C)(C)NC(=O)OC(C)(C)C. The summed E-state index contributed by atoms with van der Waals surface area (Å²) < 4.78 is 5.38.